The first kappa shape index (κ1) is 10.7. The van der Waals surface area contributed by atoms with E-state index in [9.17, 15) is 4.79 Å². The molecular weight excluding hydrogens is 228 g/mol. The van der Waals surface area contributed by atoms with E-state index < -0.39 is 0 Å². The lowest BCUT2D eigenvalue weighted by atomic mass is 10.1. The molecule has 2 N–H and O–H groups in total. The Morgan fingerprint density at radius 1 is 1.44 bits per heavy atom. The van der Waals surface area contributed by atoms with Gasteiger partial charge >= 0.3 is 0 Å². The molecule has 0 saturated carbocycles. The molecule has 0 aliphatic heterocycles. The molecule has 0 aliphatic rings. The normalized spacial score (nSPS) is 10.4. The quantitative estimate of drug-likeness (QED) is 0.814. The van der Waals surface area contributed by atoms with Gasteiger partial charge in [0.25, 0.3) is 0 Å². The first-order valence-corrected chi connectivity index (χ1v) is 5.00. The molecule has 5 heteroatoms. The smallest absolute Gasteiger partial charge is 0.218 e. The first-order valence-electron chi connectivity index (χ1n) is 4.62. The summed E-state index contributed by atoms with van der Waals surface area (Å²) in [5, 5.41) is 3.99. The van der Waals surface area contributed by atoms with Gasteiger partial charge in [-0.1, -0.05) is 28.9 Å². The molecule has 2 aromatic rings. The van der Waals surface area contributed by atoms with Crippen molar-refractivity contribution in [2.75, 3.05) is 5.73 Å². The standard InChI is InChI=1S/C11H9ClN2O2/c1-6-9(13)10(14-16-6)11(15)7-4-2-3-5-8(7)12/h2-5H,13H2,1H3. The average molecular weight is 237 g/mol. The minimum atomic E-state index is -0.333. The van der Waals surface area contributed by atoms with Crippen LogP contribution in [-0.2, 0) is 0 Å². The van der Waals surface area contributed by atoms with Gasteiger partial charge in [0.2, 0.25) is 5.78 Å². The zero-order valence-corrected chi connectivity index (χ0v) is 9.28. The fraction of sp³-hybridized carbons (Fsp3) is 0.0909. The fourth-order valence-corrected chi connectivity index (χ4v) is 1.54. The van der Waals surface area contributed by atoms with Crippen LogP contribution in [0.15, 0.2) is 28.8 Å². The second kappa shape index (κ2) is 3.98. The molecule has 16 heavy (non-hydrogen) atoms. The van der Waals surface area contributed by atoms with Crippen molar-refractivity contribution in [3.63, 3.8) is 0 Å². The Labute approximate surface area is 97.0 Å². The number of nitrogens with two attached hydrogens (primary N) is 1. The zero-order valence-electron chi connectivity index (χ0n) is 8.53. The molecule has 0 radical (unpaired) electrons. The predicted molar refractivity (Wildman–Crippen MR) is 60.5 cm³/mol. The van der Waals surface area contributed by atoms with E-state index in [1.807, 2.05) is 0 Å². The molecule has 0 amide bonds. The number of hydrogen-bond acceptors (Lipinski definition) is 4. The van der Waals surface area contributed by atoms with Crippen molar-refractivity contribution in [1.29, 1.82) is 0 Å². The molecule has 4 nitrogen and oxygen atoms in total. The maximum atomic E-state index is 12.0. The van der Waals surface area contributed by atoms with E-state index in [1.165, 1.54) is 0 Å². The number of halogens is 1. The van der Waals surface area contributed by atoms with Crippen molar-refractivity contribution in [2.45, 2.75) is 6.92 Å². The number of aryl methyl sites for hydroxylation is 1. The number of hydrogen-bond donors (Lipinski definition) is 1. The number of nitrogen functional groups attached to an aromatic ring is 1. The summed E-state index contributed by atoms with van der Waals surface area (Å²) in [7, 11) is 0. The third-order valence-corrected chi connectivity index (χ3v) is 2.57. The molecule has 0 spiro atoms. The Morgan fingerprint density at radius 2 is 2.12 bits per heavy atom. The summed E-state index contributed by atoms with van der Waals surface area (Å²) >= 11 is 5.91. The second-order valence-corrected chi connectivity index (χ2v) is 3.72. The summed E-state index contributed by atoms with van der Waals surface area (Å²) < 4.78 is 4.84. The molecule has 0 unspecified atom stereocenters. The molecule has 1 aromatic heterocycles. The molecule has 0 atom stereocenters. The number of nitrogens with zero attached hydrogens (tertiary/aromatic N) is 1. The first-order chi connectivity index (χ1) is 7.61. The van der Waals surface area contributed by atoms with Crippen LogP contribution in [0.25, 0.3) is 0 Å². The van der Waals surface area contributed by atoms with Crippen LogP contribution in [0.2, 0.25) is 5.02 Å². The highest BCUT2D eigenvalue weighted by molar-refractivity contribution is 6.35. The van der Waals surface area contributed by atoms with Crippen molar-refractivity contribution < 1.29 is 9.32 Å². The van der Waals surface area contributed by atoms with Gasteiger partial charge in [-0.3, -0.25) is 4.79 Å². The number of rotatable bonds is 2. The van der Waals surface area contributed by atoms with E-state index in [4.69, 9.17) is 21.9 Å². The molecule has 0 bridgehead atoms. The van der Waals surface area contributed by atoms with Crippen LogP contribution in [0.5, 0.6) is 0 Å². The molecule has 1 heterocycles. The Balaban J connectivity index is 2.48. The van der Waals surface area contributed by atoms with E-state index in [1.54, 1.807) is 31.2 Å². The number of carbonyl (C=O) groups is 1. The Hall–Kier alpha value is -1.81. The van der Waals surface area contributed by atoms with Crippen LogP contribution in [0.1, 0.15) is 21.8 Å². The van der Waals surface area contributed by atoms with E-state index in [-0.39, 0.29) is 17.2 Å². The van der Waals surface area contributed by atoms with Gasteiger partial charge in [-0.2, -0.15) is 0 Å². The molecule has 82 valence electrons. The summed E-state index contributed by atoms with van der Waals surface area (Å²) in [5.74, 6) is 0.0929. The van der Waals surface area contributed by atoms with Gasteiger partial charge in [0.15, 0.2) is 11.5 Å². The molecule has 2 rings (SSSR count). The van der Waals surface area contributed by atoms with Gasteiger partial charge < -0.3 is 10.3 Å². The molecule has 0 aliphatic carbocycles. The van der Waals surface area contributed by atoms with Gasteiger partial charge in [-0.05, 0) is 19.1 Å². The maximum Gasteiger partial charge on any atom is 0.218 e. The van der Waals surface area contributed by atoms with Crippen LogP contribution in [-0.4, -0.2) is 10.9 Å². The van der Waals surface area contributed by atoms with Crippen LogP contribution in [0, 0.1) is 6.92 Å². The lowest BCUT2D eigenvalue weighted by Crippen LogP contribution is -2.05. The second-order valence-electron chi connectivity index (χ2n) is 3.31. The van der Waals surface area contributed by atoms with Crippen molar-refractivity contribution in [2.24, 2.45) is 0 Å². The summed E-state index contributed by atoms with van der Waals surface area (Å²) in [4.78, 5) is 12.0. The molecular formula is C11H9ClN2O2. The van der Waals surface area contributed by atoms with E-state index in [0.29, 0.717) is 16.3 Å². The van der Waals surface area contributed by atoms with Crippen LogP contribution in [0.3, 0.4) is 0 Å². The summed E-state index contributed by atoms with van der Waals surface area (Å²) in [6, 6.07) is 6.73. The Morgan fingerprint density at radius 3 is 2.69 bits per heavy atom. The van der Waals surface area contributed by atoms with Crippen molar-refractivity contribution in [3.8, 4) is 0 Å². The minimum absolute atomic E-state index is 0.102. The average Bonchev–Trinajstić information content (AvgIpc) is 2.60. The van der Waals surface area contributed by atoms with E-state index >= 15 is 0 Å². The topological polar surface area (TPSA) is 69.1 Å². The number of benzene rings is 1. The molecule has 0 fully saturated rings. The van der Waals surface area contributed by atoms with Crippen molar-refractivity contribution in [1.82, 2.24) is 5.16 Å². The van der Waals surface area contributed by atoms with Gasteiger partial charge in [0.1, 0.15) is 5.69 Å². The summed E-state index contributed by atoms with van der Waals surface area (Å²) in [6.45, 7) is 1.64. The highest BCUT2D eigenvalue weighted by Gasteiger charge is 2.20. The lowest BCUT2D eigenvalue weighted by Gasteiger charge is -2.00. The van der Waals surface area contributed by atoms with Crippen LogP contribution < -0.4 is 5.73 Å². The number of carbonyl (C=O) groups excluding carboxylic acids is 1. The summed E-state index contributed by atoms with van der Waals surface area (Å²) in [5.41, 5.74) is 6.39. The third-order valence-electron chi connectivity index (χ3n) is 2.24. The largest absolute Gasteiger partial charge is 0.394 e. The number of ketones is 1. The highest BCUT2D eigenvalue weighted by Crippen LogP contribution is 2.23. The van der Waals surface area contributed by atoms with E-state index in [2.05, 4.69) is 5.16 Å². The Bertz CT molecular complexity index is 549. The highest BCUT2D eigenvalue weighted by atomic mass is 35.5. The van der Waals surface area contributed by atoms with Gasteiger partial charge in [-0.25, -0.2) is 0 Å². The van der Waals surface area contributed by atoms with Crippen LogP contribution in [0.4, 0.5) is 5.69 Å². The van der Waals surface area contributed by atoms with Crippen molar-refractivity contribution >= 4 is 23.1 Å². The van der Waals surface area contributed by atoms with Crippen molar-refractivity contribution in [3.05, 3.63) is 46.3 Å². The minimum Gasteiger partial charge on any atom is -0.394 e. The Kier molecular flexibility index (Phi) is 2.66. The number of anilines is 1. The fourth-order valence-electron chi connectivity index (χ4n) is 1.32. The molecule has 1 aromatic carbocycles. The van der Waals surface area contributed by atoms with Gasteiger partial charge in [-0.15, -0.1) is 0 Å². The van der Waals surface area contributed by atoms with Gasteiger partial charge in [0, 0.05) is 5.56 Å². The monoisotopic (exact) mass is 236 g/mol. The maximum absolute atomic E-state index is 12.0. The SMILES string of the molecule is Cc1onc(C(=O)c2ccccc2Cl)c1N. The van der Waals surface area contributed by atoms with E-state index in [0.717, 1.165) is 0 Å². The molecule has 0 saturated heterocycles. The lowest BCUT2D eigenvalue weighted by molar-refractivity contribution is 0.103. The summed E-state index contributed by atoms with van der Waals surface area (Å²) in [6.07, 6.45) is 0. The third kappa shape index (κ3) is 1.67. The zero-order chi connectivity index (χ0) is 11.7. The number of aromatic nitrogens is 1. The van der Waals surface area contributed by atoms with Crippen LogP contribution >= 0.6 is 11.6 Å². The predicted octanol–water partition coefficient (Wildman–Crippen LogP) is 2.45. The van der Waals surface area contributed by atoms with Gasteiger partial charge in [0.05, 0.1) is 5.02 Å².